The first-order valence-electron chi connectivity index (χ1n) is 9.12. The lowest BCUT2D eigenvalue weighted by Crippen LogP contribution is -2.20. The van der Waals surface area contributed by atoms with Crippen molar-refractivity contribution in [3.63, 3.8) is 0 Å². The van der Waals surface area contributed by atoms with E-state index in [1.165, 1.54) is 11.8 Å². The summed E-state index contributed by atoms with van der Waals surface area (Å²) in [4.78, 5) is 12.6. The van der Waals surface area contributed by atoms with Gasteiger partial charge in [0.05, 0.1) is 18.5 Å². The van der Waals surface area contributed by atoms with Gasteiger partial charge in [0, 0.05) is 16.7 Å². The quantitative estimate of drug-likeness (QED) is 0.471. The second-order valence-electron chi connectivity index (χ2n) is 6.41. The molecular formula is C21H20N4O3. The number of hydrogen-bond acceptors (Lipinski definition) is 5. The van der Waals surface area contributed by atoms with Gasteiger partial charge < -0.3 is 9.84 Å². The molecule has 1 amide bonds. The van der Waals surface area contributed by atoms with Gasteiger partial charge in [-0.25, -0.2) is 5.43 Å². The number of aryl methyl sites for hydroxylation is 1. The number of aromatic hydroxyl groups is 1. The zero-order valence-corrected chi connectivity index (χ0v) is 15.4. The summed E-state index contributed by atoms with van der Waals surface area (Å²) in [6, 6.07) is 13.2. The zero-order valence-electron chi connectivity index (χ0n) is 15.4. The number of H-pyrrole nitrogens is 1. The number of benzene rings is 2. The van der Waals surface area contributed by atoms with Gasteiger partial charge in [-0.2, -0.15) is 10.2 Å². The van der Waals surface area contributed by atoms with Crippen molar-refractivity contribution in [3.05, 3.63) is 64.8 Å². The van der Waals surface area contributed by atoms with Crippen LogP contribution in [0.4, 0.5) is 0 Å². The summed E-state index contributed by atoms with van der Waals surface area (Å²) >= 11 is 0. The molecule has 28 heavy (non-hydrogen) atoms. The number of para-hydroxylation sites is 1. The molecule has 7 heteroatoms. The van der Waals surface area contributed by atoms with E-state index in [2.05, 4.69) is 26.8 Å². The fourth-order valence-corrected chi connectivity index (χ4v) is 3.38. The average molecular weight is 376 g/mol. The van der Waals surface area contributed by atoms with E-state index in [1.807, 2.05) is 25.1 Å². The molecule has 1 aliphatic rings. The maximum atomic E-state index is 12.6. The smallest absolute Gasteiger partial charge is 0.289 e. The molecule has 0 spiro atoms. The van der Waals surface area contributed by atoms with Crippen LogP contribution in [0.15, 0.2) is 47.6 Å². The van der Waals surface area contributed by atoms with E-state index in [4.69, 9.17) is 4.74 Å². The van der Waals surface area contributed by atoms with E-state index < -0.39 is 0 Å². The highest BCUT2D eigenvalue weighted by Crippen LogP contribution is 2.33. The Balaban J connectivity index is 1.51. The molecule has 1 heterocycles. The summed E-state index contributed by atoms with van der Waals surface area (Å²) in [6.45, 7) is 2.28. The molecule has 0 aliphatic heterocycles. The third-order valence-corrected chi connectivity index (χ3v) is 4.71. The van der Waals surface area contributed by atoms with Crippen LogP contribution in [0.5, 0.6) is 11.5 Å². The van der Waals surface area contributed by atoms with E-state index in [0.717, 1.165) is 29.7 Å². The van der Waals surface area contributed by atoms with Crippen molar-refractivity contribution in [2.45, 2.75) is 19.8 Å². The van der Waals surface area contributed by atoms with Crippen molar-refractivity contribution in [1.82, 2.24) is 15.6 Å². The number of hydrogen-bond donors (Lipinski definition) is 3. The number of hydrazone groups is 1. The SMILES string of the molecule is CCOc1cccc(/C=N/NC(=O)c2[nH]nc3c2CCc2ccccc2-3)c1O. The molecule has 2 aromatic carbocycles. The predicted molar refractivity (Wildman–Crippen MR) is 106 cm³/mol. The second kappa shape index (κ2) is 7.56. The van der Waals surface area contributed by atoms with E-state index in [9.17, 15) is 9.90 Å². The minimum absolute atomic E-state index is 0.0159. The zero-order chi connectivity index (χ0) is 19.5. The summed E-state index contributed by atoms with van der Waals surface area (Å²) in [5.41, 5.74) is 7.36. The highest BCUT2D eigenvalue weighted by atomic mass is 16.5. The Kier molecular flexibility index (Phi) is 4.80. The maximum Gasteiger partial charge on any atom is 0.289 e. The number of aromatic nitrogens is 2. The van der Waals surface area contributed by atoms with Gasteiger partial charge in [-0.15, -0.1) is 0 Å². The van der Waals surface area contributed by atoms with Crippen LogP contribution in [-0.4, -0.2) is 34.0 Å². The van der Waals surface area contributed by atoms with Crippen molar-refractivity contribution in [1.29, 1.82) is 0 Å². The first-order chi connectivity index (χ1) is 13.7. The molecule has 0 radical (unpaired) electrons. The number of nitrogens with zero attached hydrogens (tertiary/aromatic N) is 2. The van der Waals surface area contributed by atoms with Crippen LogP contribution in [0.2, 0.25) is 0 Å². The fraction of sp³-hybridized carbons (Fsp3) is 0.190. The molecule has 0 bridgehead atoms. The molecule has 7 nitrogen and oxygen atoms in total. The van der Waals surface area contributed by atoms with Crippen molar-refractivity contribution in [3.8, 4) is 22.8 Å². The Bertz CT molecular complexity index is 1060. The molecule has 0 saturated heterocycles. The van der Waals surface area contributed by atoms with E-state index in [-0.39, 0.29) is 11.7 Å². The molecule has 4 rings (SSSR count). The lowest BCUT2D eigenvalue weighted by molar-refractivity contribution is 0.0949. The Morgan fingerprint density at radius 2 is 2.14 bits per heavy atom. The third-order valence-electron chi connectivity index (χ3n) is 4.71. The second-order valence-corrected chi connectivity index (χ2v) is 6.41. The van der Waals surface area contributed by atoms with Crippen LogP contribution in [-0.2, 0) is 12.8 Å². The van der Waals surface area contributed by atoms with Crippen LogP contribution in [0.1, 0.15) is 34.1 Å². The van der Waals surface area contributed by atoms with Gasteiger partial charge >= 0.3 is 0 Å². The maximum absolute atomic E-state index is 12.6. The van der Waals surface area contributed by atoms with Gasteiger partial charge in [0.25, 0.3) is 5.91 Å². The number of amides is 1. The highest BCUT2D eigenvalue weighted by molar-refractivity contribution is 5.96. The summed E-state index contributed by atoms with van der Waals surface area (Å²) in [5, 5.41) is 21.3. The topological polar surface area (TPSA) is 99.6 Å². The minimum atomic E-state index is -0.371. The van der Waals surface area contributed by atoms with Crippen LogP contribution in [0.3, 0.4) is 0 Å². The number of fused-ring (bicyclic) bond motifs is 3. The molecule has 3 N–H and O–H groups in total. The third kappa shape index (κ3) is 3.22. The van der Waals surface area contributed by atoms with Crippen molar-refractivity contribution >= 4 is 12.1 Å². The van der Waals surface area contributed by atoms with Gasteiger partial charge in [0.15, 0.2) is 11.5 Å². The number of nitrogens with one attached hydrogen (secondary N) is 2. The van der Waals surface area contributed by atoms with Crippen LogP contribution in [0.25, 0.3) is 11.3 Å². The summed E-state index contributed by atoms with van der Waals surface area (Å²) < 4.78 is 5.34. The molecule has 142 valence electrons. The van der Waals surface area contributed by atoms with Crippen LogP contribution in [0, 0.1) is 0 Å². The number of ether oxygens (including phenoxy) is 1. The van der Waals surface area contributed by atoms with E-state index in [0.29, 0.717) is 23.6 Å². The van der Waals surface area contributed by atoms with Gasteiger partial charge in [-0.05, 0) is 37.5 Å². The first-order valence-corrected chi connectivity index (χ1v) is 9.12. The number of aromatic amines is 1. The lowest BCUT2D eigenvalue weighted by Gasteiger charge is -2.15. The lowest BCUT2D eigenvalue weighted by atomic mass is 9.89. The normalized spacial score (nSPS) is 12.5. The van der Waals surface area contributed by atoms with E-state index >= 15 is 0 Å². The Hall–Kier alpha value is -3.61. The molecule has 3 aromatic rings. The molecular weight excluding hydrogens is 356 g/mol. The van der Waals surface area contributed by atoms with Crippen LogP contribution < -0.4 is 10.2 Å². The van der Waals surface area contributed by atoms with Crippen molar-refractivity contribution < 1.29 is 14.6 Å². The van der Waals surface area contributed by atoms with Crippen LogP contribution >= 0.6 is 0 Å². The monoisotopic (exact) mass is 376 g/mol. The molecule has 0 atom stereocenters. The standard InChI is InChI=1S/C21H20N4O3/c1-2-28-17-9-5-7-14(20(17)26)12-22-25-21(27)19-16-11-10-13-6-3-4-8-15(13)18(16)23-24-19/h3-9,12,26H,2,10-11H2,1H3,(H,23,24)(H,25,27)/b22-12+. The number of carbonyl (C=O) groups is 1. The Morgan fingerprint density at radius 3 is 3.00 bits per heavy atom. The van der Waals surface area contributed by atoms with Gasteiger partial charge in [-0.1, -0.05) is 30.3 Å². The highest BCUT2D eigenvalue weighted by Gasteiger charge is 2.24. The fourth-order valence-electron chi connectivity index (χ4n) is 3.38. The minimum Gasteiger partial charge on any atom is -0.504 e. The largest absolute Gasteiger partial charge is 0.504 e. The van der Waals surface area contributed by atoms with Gasteiger partial charge in [0.2, 0.25) is 0 Å². The van der Waals surface area contributed by atoms with Gasteiger partial charge in [-0.3, -0.25) is 9.89 Å². The first kappa shape index (κ1) is 17.8. The molecule has 1 aromatic heterocycles. The summed E-state index contributed by atoms with van der Waals surface area (Å²) in [6.07, 6.45) is 2.99. The number of phenols is 1. The molecule has 0 unspecified atom stereocenters. The van der Waals surface area contributed by atoms with Gasteiger partial charge in [0.1, 0.15) is 5.69 Å². The summed E-state index contributed by atoms with van der Waals surface area (Å²) in [7, 11) is 0. The molecule has 0 saturated carbocycles. The van der Waals surface area contributed by atoms with Crippen molar-refractivity contribution in [2.75, 3.05) is 6.61 Å². The molecule has 1 aliphatic carbocycles. The molecule has 0 fully saturated rings. The number of rotatable bonds is 5. The average Bonchev–Trinajstić information content (AvgIpc) is 3.15. The predicted octanol–water partition coefficient (Wildman–Crippen LogP) is 3.04. The van der Waals surface area contributed by atoms with Crippen molar-refractivity contribution in [2.24, 2.45) is 5.10 Å². The summed E-state index contributed by atoms with van der Waals surface area (Å²) in [5.74, 6) is -0.0122. The van der Waals surface area contributed by atoms with E-state index in [1.54, 1.807) is 18.2 Å². The number of carbonyl (C=O) groups excluding carboxylic acids is 1. The Morgan fingerprint density at radius 1 is 1.29 bits per heavy atom. The number of phenolic OH excluding ortho intramolecular Hbond substituents is 1. The Labute approximate surface area is 162 Å².